The molecule has 4 fully saturated rings. The Balaban J connectivity index is 1.32. The van der Waals surface area contributed by atoms with Gasteiger partial charge in [0.15, 0.2) is 11.6 Å². The van der Waals surface area contributed by atoms with Crippen molar-refractivity contribution in [2.24, 2.45) is 40.9 Å². The van der Waals surface area contributed by atoms with Gasteiger partial charge in [-0.1, -0.05) is 6.92 Å². The fraction of sp³-hybridized carbons (Fsp3) is 0.917. The molecule has 0 radical (unpaired) electrons. The summed E-state index contributed by atoms with van der Waals surface area (Å²) in [5, 5.41) is 22.8. The predicted molar refractivity (Wildman–Crippen MR) is 113 cm³/mol. The van der Waals surface area contributed by atoms with Crippen LogP contribution in [0.5, 0.6) is 0 Å². The van der Waals surface area contributed by atoms with E-state index >= 15 is 0 Å². The van der Waals surface area contributed by atoms with Gasteiger partial charge < -0.3 is 5.11 Å². The van der Waals surface area contributed by atoms with E-state index in [4.69, 9.17) is 0 Å². The van der Waals surface area contributed by atoms with Crippen LogP contribution in [-0.4, -0.2) is 36.7 Å². The Morgan fingerprint density at radius 2 is 1.77 bits per heavy atom. The van der Waals surface area contributed by atoms with Crippen LogP contribution in [0.1, 0.15) is 83.9 Å². The zero-order valence-electron chi connectivity index (χ0n) is 18.9. The van der Waals surface area contributed by atoms with Crippen molar-refractivity contribution in [3.8, 4) is 0 Å². The maximum Gasteiger partial charge on any atom is 0.171 e. The molecule has 0 bridgehead atoms. The Morgan fingerprint density at radius 3 is 2.53 bits per heavy atom. The molecule has 6 heteroatoms. The van der Waals surface area contributed by atoms with E-state index in [0.29, 0.717) is 17.5 Å². The van der Waals surface area contributed by atoms with E-state index in [1.165, 1.54) is 49.7 Å². The highest BCUT2D eigenvalue weighted by atomic mass is 16.3. The van der Waals surface area contributed by atoms with E-state index in [9.17, 15) is 9.90 Å². The summed E-state index contributed by atoms with van der Waals surface area (Å²) in [5.74, 6) is 4.93. The van der Waals surface area contributed by atoms with Gasteiger partial charge in [-0.2, -0.15) is 4.80 Å². The van der Waals surface area contributed by atoms with Gasteiger partial charge in [-0.25, -0.2) is 0 Å². The van der Waals surface area contributed by atoms with Crippen LogP contribution in [0, 0.1) is 47.8 Å². The van der Waals surface area contributed by atoms with E-state index in [-0.39, 0.29) is 17.9 Å². The Labute approximate surface area is 180 Å². The van der Waals surface area contributed by atoms with Gasteiger partial charge in [-0.05, 0) is 118 Å². The molecule has 166 valence electrons. The number of hydrogen-bond donors (Lipinski definition) is 1. The number of aromatic nitrogens is 4. The van der Waals surface area contributed by atoms with Crippen molar-refractivity contribution in [2.75, 3.05) is 0 Å². The number of nitrogens with zero attached hydrogens (tertiary/aromatic N) is 4. The lowest BCUT2D eigenvalue weighted by atomic mass is 9.50. The lowest BCUT2D eigenvalue weighted by Gasteiger charge is -2.54. The van der Waals surface area contributed by atoms with Gasteiger partial charge in [0.05, 0.1) is 5.60 Å². The molecule has 0 aliphatic heterocycles. The predicted octanol–water partition coefficient (Wildman–Crippen LogP) is 3.96. The number of fused-ring (bicyclic) bond motifs is 5. The average Bonchev–Trinajstić information content (AvgIpc) is 3.22. The Kier molecular flexibility index (Phi) is 5.07. The van der Waals surface area contributed by atoms with Crippen LogP contribution in [0.15, 0.2) is 0 Å². The first-order valence-corrected chi connectivity index (χ1v) is 12.3. The molecule has 0 amide bonds. The highest BCUT2D eigenvalue weighted by molar-refractivity contribution is 5.81. The van der Waals surface area contributed by atoms with Crippen LogP contribution in [0.2, 0.25) is 0 Å². The number of hydrogen-bond acceptors (Lipinski definition) is 5. The standard InChI is InChI=1S/C24H38N4O2/c1-15-25-27-28(26-15)14-22(29)21-7-6-20-19-5-4-16-8-11-23(2,30)12-9-17(16)18(19)10-13-24(20,21)3/h16-21,30H,4-14H2,1-3H3/t16-,17-,18+,19+,20-,21+,23-,24-/m0/s1. The average molecular weight is 415 g/mol. The van der Waals surface area contributed by atoms with Crippen LogP contribution in [0.4, 0.5) is 0 Å². The third kappa shape index (κ3) is 3.43. The summed E-state index contributed by atoms with van der Waals surface area (Å²) in [7, 11) is 0. The zero-order valence-corrected chi connectivity index (χ0v) is 18.9. The third-order valence-electron chi connectivity index (χ3n) is 9.83. The summed E-state index contributed by atoms with van der Waals surface area (Å²) in [6.07, 6.45) is 11.7. The highest BCUT2D eigenvalue weighted by Gasteiger charge is 2.58. The normalized spacial score (nSPS) is 45.9. The number of rotatable bonds is 3. The van der Waals surface area contributed by atoms with Gasteiger partial charge in [-0.15, -0.1) is 10.2 Å². The van der Waals surface area contributed by atoms with E-state index in [1.54, 1.807) is 0 Å². The monoisotopic (exact) mass is 414 g/mol. The minimum atomic E-state index is -0.464. The fourth-order valence-corrected chi connectivity index (χ4v) is 8.31. The van der Waals surface area contributed by atoms with Crippen LogP contribution in [-0.2, 0) is 11.3 Å². The summed E-state index contributed by atoms with van der Waals surface area (Å²) in [6.45, 7) is 6.53. The summed E-state index contributed by atoms with van der Waals surface area (Å²) in [6, 6.07) is 0. The molecule has 1 aromatic heterocycles. The van der Waals surface area contributed by atoms with Gasteiger partial charge in [0.2, 0.25) is 0 Å². The number of tetrazole rings is 1. The molecule has 0 unspecified atom stereocenters. The topological polar surface area (TPSA) is 80.9 Å². The molecule has 1 heterocycles. The van der Waals surface area contributed by atoms with E-state index in [1.807, 2.05) is 13.8 Å². The third-order valence-corrected chi connectivity index (χ3v) is 9.83. The lowest BCUT2D eigenvalue weighted by molar-refractivity contribution is -0.131. The van der Waals surface area contributed by atoms with Crippen molar-refractivity contribution in [1.29, 1.82) is 0 Å². The van der Waals surface area contributed by atoms with Crippen molar-refractivity contribution in [1.82, 2.24) is 20.2 Å². The summed E-state index contributed by atoms with van der Waals surface area (Å²) < 4.78 is 0. The number of Topliss-reactive ketones (excluding diaryl/α,β-unsaturated/α-hetero) is 1. The van der Waals surface area contributed by atoms with Gasteiger partial charge >= 0.3 is 0 Å². The van der Waals surface area contributed by atoms with Crippen molar-refractivity contribution in [3.05, 3.63) is 5.82 Å². The quantitative estimate of drug-likeness (QED) is 0.810. The van der Waals surface area contributed by atoms with Gasteiger partial charge in [-0.3, -0.25) is 4.79 Å². The molecular formula is C24H38N4O2. The minimum absolute atomic E-state index is 0.136. The van der Waals surface area contributed by atoms with Crippen molar-refractivity contribution >= 4 is 5.78 Å². The molecule has 4 aliphatic rings. The van der Waals surface area contributed by atoms with E-state index in [2.05, 4.69) is 22.3 Å². The van der Waals surface area contributed by atoms with Crippen LogP contribution >= 0.6 is 0 Å². The van der Waals surface area contributed by atoms with E-state index in [0.717, 1.165) is 42.9 Å². The highest BCUT2D eigenvalue weighted by Crippen LogP contribution is 2.64. The smallest absolute Gasteiger partial charge is 0.171 e. The number of aliphatic hydroxyl groups is 1. The Morgan fingerprint density at radius 1 is 1.00 bits per heavy atom. The maximum atomic E-state index is 13.2. The van der Waals surface area contributed by atoms with Crippen molar-refractivity contribution in [2.45, 2.75) is 97.1 Å². The zero-order chi connectivity index (χ0) is 21.1. The van der Waals surface area contributed by atoms with Crippen molar-refractivity contribution in [3.63, 3.8) is 0 Å². The maximum absolute atomic E-state index is 13.2. The van der Waals surface area contributed by atoms with Gasteiger partial charge in [0.1, 0.15) is 6.54 Å². The number of ketones is 1. The number of carbonyl (C=O) groups excluding carboxylic acids is 1. The minimum Gasteiger partial charge on any atom is -0.390 e. The Hall–Kier alpha value is -1.30. The second-order valence-corrected chi connectivity index (χ2v) is 11.5. The summed E-state index contributed by atoms with van der Waals surface area (Å²) in [5.41, 5.74) is -0.328. The second-order valence-electron chi connectivity index (χ2n) is 11.5. The largest absolute Gasteiger partial charge is 0.390 e. The molecule has 5 rings (SSSR count). The molecule has 8 atom stereocenters. The van der Waals surface area contributed by atoms with Crippen molar-refractivity contribution < 1.29 is 9.90 Å². The molecule has 1 N–H and O–H groups in total. The molecular weight excluding hydrogens is 376 g/mol. The second kappa shape index (κ2) is 7.39. The first kappa shape index (κ1) is 20.6. The van der Waals surface area contributed by atoms with Gasteiger partial charge in [0, 0.05) is 5.92 Å². The summed E-state index contributed by atoms with van der Waals surface area (Å²) in [4.78, 5) is 14.7. The molecule has 30 heavy (non-hydrogen) atoms. The van der Waals surface area contributed by atoms with E-state index < -0.39 is 5.60 Å². The molecule has 4 saturated carbocycles. The first-order chi connectivity index (χ1) is 14.3. The van der Waals surface area contributed by atoms with Crippen LogP contribution in [0.25, 0.3) is 0 Å². The SMILES string of the molecule is Cc1nnn(CC(=O)[C@H]2CC[C@H]3[C@@H]4CC[C@H]5CC[C@](C)(O)CC[C@@H]5[C@H]4CC[C@]23C)n1. The molecule has 1 aromatic rings. The van der Waals surface area contributed by atoms with Gasteiger partial charge in [0.25, 0.3) is 0 Å². The number of aryl methyl sites for hydroxylation is 1. The molecule has 4 aliphatic carbocycles. The van der Waals surface area contributed by atoms with Crippen LogP contribution < -0.4 is 0 Å². The first-order valence-electron chi connectivity index (χ1n) is 12.3. The molecule has 0 saturated heterocycles. The fourth-order valence-electron chi connectivity index (χ4n) is 8.31. The lowest BCUT2D eigenvalue weighted by Crippen LogP contribution is -2.48. The Bertz CT molecular complexity index is 805. The molecule has 0 spiro atoms. The molecule has 6 nitrogen and oxygen atoms in total. The molecule has 0 aromatic carbocycles. The number of carbonyl (C=O) groups is 1. The summed E-state index contributed by atoms with van der Waals surface area (Å²) >= 11 is 0. The van der Waals surface area contributed by atoms with Crippen LogP contribution in [0.3, 0.4) is 0 Å².